The van der Waals surface area contributed by atoms with Crippen LogP contribution in [0.4, 0.5) is 20.3 Å². The van der Waals surface area contributed by atoms with Gasteiger partial charge in [-0.1, -0.05) is 36.4 Å². The molecule has 3 heterocycles. The second-order valence-corrected chi connectivity index (χ2v) is 11.3. The molecule has 1 aliphatic rings. The number of benzene rings is 3. The molecule has 0 unspecified atom stereocenters. The molecule has 3 aromatic carbocycles. The van der Waals surface area contributed by atoms with Crippen molar-refractivity contribution in [2.75, 3.05) is 11.1 Å². The summed E-state index contributed by atoms with van der Waals surface area (Å²) in [5.41, 5.74) is 12.8. The number of fused-ring (bicyclic) bond motifs is 2. The van der Waals surface area contributed by atoms with Crippen LogP contribution in [-0.2, 0) is 11.2 Å². The molecule has 0 fully saturated rings. The number of aryl methyl sites for hydroxylation is 1. The van der Waals surface area contributed by atoms with Gasteiger partial charge in [-0.2, -0.15) is 8.78 Å². The third kappa shape index (κ3) is 5.64. The molecule has 238 valence electrons. The molecule has 3 aromatic heterocycles. The topological polar surface area (TPSA) is 145 Å². The smallest absolute Gasteiger partial charge is 0.315 e. The number of hydrogen-bond donors (Lipinski definition) is 3. The third-order valence-corrected chi connectivity index (χ3v) is 8.32. The molecule has 0 spiro atoms. The van der Waals surface area contributed by atoms with Crippen LogP contribution in [0.15, 0.2) is 97.2 Å². The minimum atomic E-state index is -3.24. The molecule has 1 aliphatic carbocycles. The Hall–Kier alpha value is -6.30. The molecule has 6 aromatic rings. The van der Waals surface area contributed by atoms with Crippen LogP contribution in [0, 0.1) is 0 Å². The Morgan fingerprint density at radius 3 is 2.56 bits per heavy atom. The van der Waals surface area contributed by atoms with E-state index in [-0.39, 0.29) is 22.9 Å². The highest BCUT2D eigenvalue weighted by atomic mass is 19.3. The Labute approximate surface area is 272 Å². The first-order valence-electron chi connectivity index (χ1n) is 15.1. The van der Waals surface area contributed by atoms with Crippen LogP contribution >= 0.6 is 0 Å². The fourth-order valence-electron chi connectivity index (χ4n) is 6.00. The van der Waals surface area contributed by atoms with Gasteiger partial charge in [-0.25, -0.2) is 15.0 Å². The van der Waals surface area contributed by atoms with Crippen LogP contribution in [0.1, 0.15) is 44.3 Å². The van der Waals surface area contributed by atoms with Gasteiger partial charge in [0.15, 0.2) is 17.8 Å². The van der Waals surface area contributed by atoms with Crippen LogP contribution in [0.5, 0.6) is 0 Å². The summed E-state index contributed by atoms with van der Waals surface area (Å²) in [6.07, 6.45) is 0.102. The quantitative estimate of drug-likeness (QED) is 0.168. The lowest BCUT2D eigenvalue weighted by atomic mass is 10.1. The summed E-state index contributed by atoms with van der Waals surface area (Å²) in [7, 11) is 0. The Morgan fingerprint density at radius 2 is 1.79 bits per heavy atom. The number of anilines is 2. The molecule has 0 radical (unpaired) electrons. The number of nitrogen functional groups attached to an aromatic ring is 1. The zero-order chi connectivity index (χ0) is 33.4. The van der Waals surface area contributed by atoms with E-state index in [2.05, 4.69) is 16.4 Å². The van der Waals surface area contributed by atoms with Crippen molar-refractivity contribution >= 4 is 40.8 Å². The highest BCUT2D eigenvalue weighted by Gasteiger charge is 2.27. The SMILES string of the molecule is Nc1ncccc1-c1nc2ccc(-c3ccccc3)nc2n1-c1ccc2c(c1)CC[C@@H]2NC(=O)c1ccc(NC(=O)C(F)F)c(C=O)c1. The first-order chi connectivity index (χ1) is 23.3. The first kappa shape index (κ1) is 30.4. The largest absolute Gasteiger partial charge is 0.383 e. The minimum Gasteiger partial charge on any atom is -0.383 e. The van der Waals surface area contributed by atoms with Crippen molar-refractivity contribution in [1.82, 2.24) is 24.8 Å². The van der Waals surface area contributed by atoms with Gasteiger partial charge in [0.05, 0.1) is 23.0 Å². The van der Waals surface area contributed by atoms with E-state index < -0.39 is 18.2 Å². The highest BCUT2D eigenvalue weighted by Crippen LogP contribution is 2.36. The Kier molecular flexibility index (Phi) is 7.89. The number of nitrogens with one attached hydrogen (secondary N) is 2. The normalized spacial score (nSPS) is 13.8. The molecule has 0 bridgehead atoms. The van der Waals surface area contributed by atoms with Gasteiger partial charge >= 0.3 is 6.43 Å². The average Bonchev–Trinajstić information content (AvgIpc) is 3.69. The maximum absolute atomic E-state index is 13.2. The molecule has 48 heavy (non-hydrogen) atoms. The van der Waals surface area contributed by atoms with Gasteiger partial charge in [-0.15, -0.1) is 0 Å². The van der Waals surface area contributed by atoms with Gasteiger partial charge in [-0.05, 0) is 78.6 Å². The van der Waals surface area contributed by atoms with E-state index in [0.29, 0.717) is 47.5 Å². The Balaban J connectivity index is 1.22. The average molecular weight is 644 g/mol. The summed E-state index contributed by atoms with van der Waals surface area (Å²) in [5, 5.41) is 5.01. The lowest BCUT2D eigenvalue weighted by Crippen LogP contribution is -2.27. The molecule has 10 nitrogen and oxygen atoms in total. The molecular weight excluding hydrogens is 616 g/mol. The monoisotopic (exact) mass is 643 g/mol. The molecule has 12 heteroatoms. The van der Waals surface area contributed by atoms with Crippen LogP contribution in [-0.4, -0.2) is 44.0 Å². The summed E-state index contributed by atoms with van der Waals surface area (Å²) in [5.74, 6) is -1.05. The van der Waals surface area contributed by atoms with E-state index in [1.165, 1.54) is 18.2 Å². The number of hydrogen-bond acceptors (Lipinski definition) is 7. The van der Waals surface area contributed by atoms with E-state index in [1.807, 2.05) is 70.5 Å². The van der Waals surface area contributed by atoms with Crippen LogP contribution < -0.4 is 16.4 Å². The van der Waals surface area contributed by atoms with E-state index in [1.54, 1.807) is 12.3 Å². The van der Waals surface area contributed by atoms with Crippen molar-refractivity contribution < 1.29 is 23.2 Å². The first-order valence-corrected chi connectivity index (χ1v) is 15.1. The zero-order valence-corrected chi connectivity index (χ0v) is 25.2. The standard InChI is InChI=1S/C36H27F2N7O3/c37-31(38)36(48)43-28-12-9-22(17-23(28)19-46)35(47)44-29-13-8-21-18-24(10-11-25(21)29)45-33(26-7-4-16-40-32(26)39)42-30-15-14-27(41-34(30)45)20-5-2-1-3-6-20/h1-7,9-12,14-19,29,31H,8,13H2,(H2,39,40)(H,43,48)(H,44,47)/t29-/m0/s1. The molecule has 0 saturated heterocycles. The van der Waals surface area contributed by atoms with Crippen molar-refractivity contribution in [2.24, 2.45) is 0 Å². The highest BCUT2D eigenvalue weighted by molar-refractivity contribution is 6.01. The molecule has 0 aliphatic heterocycles. The van der Waals surface area contributed by atoms with Gasteiger partial charge in [0.25, 0.3) is 11.8 Å². The second-order valence-electron chi connectivity index (χ2n) is 11.3. The summed E-state index contributed by atoms with van der Waals surface area (Å²) in [6, 6.07) is 27.0. The van der Waals surface area contributed by atoms with Crippen molar-refractivity contribution in [3.05, 3.63) is 119 Å². The number of rotatable bonds is 8. The van der Waals surface area contributed by atoms with Crippen LogP contribution in [0.25, 0.3) is 39.5 Å². The number of carbonyl (C=O) groups excluding carboxylic acids is 3. The molecule has 0 saturated carbocycles. The second kappa shape index (κ2) is 12.5. The van der Waals surface area contributed by atoms with Crippen molar-refractivity contribution in [2.45, 2.75) is 25.3 Å². The molecule has 2 amide bonds. The third-order valence-electron chi connectivity index (χ3n) is 8.32. The lowest BCUT2D eigenvalue weighted by molar-refractivity contribution is -0.126. The zero-order valence-electron chi connectivity index (χ0n) is 25.2. The molecular formula is C36H27F2N7O3. The van der Waals surface area contributed by atoms with Crippen molar-refractivity contribution in [1.29, 1.82) is 0 Å². The number of pyridine rings is 2. The summed E-state index contributed by atoms with van der Waals surface area (Å²) < 4.78 is 27.4. The fraction of sp³-hybridized carbons (Fsp3) is 0.111. The van der Waals surface area contributed by atoms with Gasteiger partial charge in [0.2, 0.25) is 0 Å². The minimum absolute atomic E-state index is 0.0882. The summed E-state index contributed by atoms with van der Waals surface area (Å²) >= 11 is 0. The van der Waals surface area contributed by atoms with Crippen LogP contribution in [0.2, 0.25) is 0 Å². The summed E-state index contributed by atoms with van der Waals surface area (Å²) in [6.45, 7) is 0. The number of aldehydes is 1. The number of aromatic nitrogens is 4. The number of carbonyl (C=O) groups is 3. The predicted octanol–water partition coefficient (Wildman–Crippen LogP) is 6.17. The maximum atomic E-state index is 13.2. The van der Waals surface area contributed by atoms with Gasteiger partial charge in [-0.3, -0.25) is 19.0 Å². The fourth-order valence-corrected chi connectivity index (χ4v) is 6.00. The van der Waals surface area contributed by atoms with E-state index in [4.69, 9.17) is 15.7 Å². The number of alkyl halides is 2. The molecule has 7 rings (SSSR count). The van der Waals surface area contributed by atoms with Gasteiger partial charge in [0.1, 0.15) is 11.3 Å². The van der Waals surface area contributed by atoms with Gasteiger partial charge < -0.3 is 16.4 Å². The number of amides is 2. The van der Waals surface area contributed by atoms with E-state index >= 15 is 0 Å². The Bertz CT molecular complexity index is 2220. The number of halogens is 2. The van der Waals surface area contributed by atoms with Crippen molar-refractivity contribution in [3.8, 4) is 28.3 Å². The lowest BCUT2D eigenvalue weighted by Gasteiger charge is -2.16. The number of nitrogens with zero attached hydrogens (tertiary/aromatic N) is 4. The maximum Gasteiger partial charge on any atom is 0.315 e. The predicted molar refractivity (Wildman–Crippen MR) is 177 cm³/mol. The van der Waals surface area contributed by atoms with Crippen LogP contribution in [0.3, 0.4) is 0 Å². The number of nitrogens with two attached hydrogens (primary N) is 1. The van der Waals surface area contributed by atoms with Gasteiger partial charge in [0, 0.05) is 28.6 Å². The number of imidazole rings is 1. The molecule has 1 atom stereocenters. The van der Waals surface area contributed by atoms with E-state index in [9.17, 15) is 23.2 Å². The Morgan fingerprint density at radius 1 is 0.958 bits per heavy atom. The van der Waals surface area contributed by atoms with Crippen molar-refractivity contribution in [3.63, 3.8) is 0 Å². The molecule has 4 N–H and O–H groups in total. The van der Waals surface area contributed by atoms with E-state index in [0.717, 1.165) is 28.1 Å². The summed E-state index contributed by atoms with van der Waals surface area (Å²) in [4.78, 5) is 50.5.